The summed E-state index contributed by atoms with van der Waals surface area (Å²) in [6.07, 6.45) is 3.63. The van der Waals surface area contributed by atoms with Crippen molar-refractivity contribution in [2.24, 2.45) is 0 Å². The Labute approximate surface area is 228 Å². The number of allylic oxidation sites excluding steroid dienone is 1. The number of halogens is 2. The van der Waals surface area contributed by atoms with E-state index in [1.165, 1.54) is 12.1 Å². The van der Waals surface area contributed by atoms with Crippen molar-refractivity contribution in [2.45, 2.75) is 13.0 Å². The second-order valence-corrected chi connectivity index (χ2v) is 9.21. The molecule has 0 saturated carbocycles. The zero-order chi connectivity index (χ0) is 26.8. The molecule has 8 nitrogen and oxygen atoms in total. The van der Waals surface area contributed by atoms with Crippen LogP contribution in [0.5, 0.6) is 17.2 Å². The standard InChI is InChI=1S/C28H20Cl2N2O6/c1-2-3-18-10-16(5-8-23(18)36-14-17-4-7-21(29)22(30)12-17)11-20-26(33)31-28(35)32(27(20)34)19-6-9-24-25(13-19)38-15-37-24/h2,4-13H,1,3,14-15H2,(H,31,33,35)/b20-11+. The van der Waals surface area contributed by atoms with E-state index in [0.29, 0.717) is 39.3 Å². The first-order valence-corrected chi connectivity index (χ1v) is 12.2. The molecule has 1 fully saturated rings. The molecule has 3 aromatic carbocycles. The van der Waals surface area contributed by atoms with E-state index in [4.69, 9.17) is 37.4 Å². The van der Waals surface area contributed by atoms with Gasteiger partial charge in [-0.3, -0.25) is 14.9 Å². The fourth-order valence-corrected chi connectivity index (χ4v) is 4.34. The summed E-state index contributed by atoms with van der Waals surface area (Å²) in [5.74, 6) is -0.0440. The Morgan fingerprint density at radius 2 is 1.79 bits per heavy atom. The van der Waals surface area contributed by atoms with Crippen molar-refractivity contribution in [3.8, 4) is 17.2 Å². The second-order valence-electron chi connectivity index (χ2n) is 8.39. The van der Waals surface area contributed by atoms with Gasteiger partial charge in [-0.2, -0.15) is 0 Å². The largest absolute Gasteiger partial charge is 0.489 e. The SMILES string of the molecule is C=CCc1cc(/C=C2\C(=O)NC(=O)N(c3ccc4c(c3)OCO4)C2=O)ccc1OCc1ccc(Cl)c(Cl)c1. The number of amides is 4. The summed E-state index contributed by atoms with van der Waals surface area (Å²) in [4.78, 5) is 39.3. The highest BCUT2D eigenvalue weighted by Crippen LogP contribution is 2.36. The number of hydrogen-bond acceptors (Lipinski definition) is 6. The number of fused-ring (bicyclic) bond motifs is 1. The average Bonchev–Trinajstić information content (AvgIpc) is 3.36. The Bertz CT molecular complexity index is 1520. The number of nitrogens with zero attached hydrogens (tertiary/aromatic N) is 1. The smallest absolute Gasteiger partial charge is 0.335 e. The molecule has 192 valence electrons. The Morgan fingerprint density at radius 1 is 0.974 bits per heavy atom. The van der Waals surface area contributed by atoms with Crippen LogP contribution < -0.4 is 24.4 Å². The third-order valence-electron chi connectivity index (χ3n) is 5.85. The van der Waals surface area contributed by atoms with Crippen LogP contribution in [0.1, 0.15) is 16.7 Å². The van der Waals surface area contributed by atoms with Gasteiger partial charge in [0.1, 0.15) is 17.9 Å². The summed E-state index contributed by atoms with van der Waals surface area (Å²) in [6.45, 7) is 4.10. The summed E-state index contributed by atoms with van der Waals surface area (Å²) in [5, 5.41) is 3.11. The molecule has 1 N–H and O–H groups in total. The van der Waals surface area contributed by atoms with E-state index in [1.54, 1.807) is 48.5 Å². The number of barbiturate groups is 1. The molecule has 1 saturated heterocycles. The fraction of sp³-hybridized carbons (Fsp3) is 0.107. The molecule has 2 aliphatic rings. The van der Waals surface area contributed by atoms with Gasteiger partial charge in [0.05, 0.1) is 15.7 Å². The normalized spacial score (nSPS) is 15.6. The minimum absolute atomic E-state index is 0.0444. The maximum Gasteiger partial charge on any atom is 0.335 e. The van der Waals surface area contributed by atoms with Crippen LogP contribution in [0.25, 0.3) is 6.08 Å². The topological polar surface area (TPSA) is 94.2 Å². The van der Waals surface area contributed by atoms with Crippen LogP contribution in [-0.2, 0) is 22.6 Å². The molecule has 38 heavy (non-hydrogen) atoms. The number of rotatable bonds is 7. The van der Waals surface area contributed by atoms with E-state index >= 15 is 0 Å². The lowest BCUT2D eigenvalue weighted by Gasteiger charge is -2.26. The Balaban J connectivity index is 1.41. The monoisotopic (exact) mass is 550 g/mol. The minimum Gasteiger partial charge on any atom is -0.489 e. The molecule has 3 aromatic rings. The van der Waals surface area contributed by atoms with Crippen LogP contribution in [0.15, 0.2) is 72.8 Å². The summed E-state index contributed by atoms with van der Waals surface area (Å²) < 4.78 is 16.6. The highest BCUT2D eigenvalue weighted by atomic mass is 35.5. The Hall–Kier alpha value is -4.27. The lowest BCUT2D eigenvalue weighted by molar-refractivity contribution is -0.122. The van der Waals surface area contributed by atoms with Gasteiger partial charge in [-0.1, -0.05) is 41.4 Å². The van der Waals surface area contributed by atoms with E-state index in [-0.39, 0.29) is 24.7 Å². The van der Waals surface area contributed by atoms with Crippen molar-refractivity contribution < 1.29 is 28.6 Å². The van der Waals surface area contributed by atoms with E-state index < -0.39 is 17.8 Å². The second kappa shape index (κ2) is 10.6. The maximum absolute atomic E-state index is 13.3. The first-order chi connectivity index (χ1) is 18.3. The molecule has 2 aliphatic heterocycles. The molecular formula is C28H20Cl2N2O6. The molecular weight excluding hydrogens is 531 g/mol. The Morgan fingerprint density at radius 3 is 2.58 bits per heavy atom. The van der Waals surface area contributed by atoms with Gasteiger partial charge in [0, 0.05) is 6.07 Å². The Kier molecular flexibility index (Phi) is 7.09. The van der Waals surface area contributed by atoms with Gasteiger partial charge in [-0.25, -0.2) is 9.69 Å². The number of hydrogen-bond donors (Lipinski definition) is 1. The highest BCUT2D eigenvalue weighted by Gasteiger charge is 2.37. The molecule has 2 heterocycles. The summed E-state index contributed by atoms with van der Waals surface area (Å²) in [7, 11) is 0. The minimum atomic E-state index is -0.852. The number of ether oxygens (including phenoxy) is 3. The van der Waals surface area contributed by atoms with Crippen molar-refractivity contribution in [1.82, 2.24) is 5.32 Å². The number of nitrogens with one attached hydrogen (secondary N) is 1. The first kappa shape index (κ1) is 25.4. The molecule has 5 rings (SSSR count). The van der Waals surface area contributed by atoms with Gasteiger partial charge in [-0.15, -0.1) is 6.58 Å². The zero-order valence-electron chi connectivity index (χ0n) is 19.8. The lowest BCUT2D eigenvalue weighted by atomic mass is 10.0. The van der Waals surface area contributed by atoms with Gasteiger partial charge in [0.25, 0.3) is 11.8 Å². The zero-order valence-corrected chi connectivity index (χ0v) is 21.3. The van der Waals surface area contributed by atoms with E-state index in [1.807, 2.05) is 6.07 Å². The fourth-order valence-electron chi connectivity index (χ4n) is 4.02. The molecule has 0 unspecified atom stereocenters. The third kappa shape index (κ3) is 5.09. The summed E-state index contributed by atoms with van der Waals surface area (Å²) in [5.41, 5.74) is 2.25. The van der Waals surface area contributed by atoms with Crippen LogP contribution in [0, 0.1) is 0 Å². The van der Waals surface area contributed by atoms with Gasteiger partial charge >= 0.3 is 6.03 Å². The number of anilines is 1. The predicted molar refractivity (Wildman–Crippen MR) is 143 cm³/mol. The number of urea groups is 1. The van der Waals surface area contributed by atoms with Gasteiger partial charge in [0.15, 0.2) is 11.5 Å². The van der Waals surface area contributed by atoms with Crippen molar-refractivity contribution in [3.05, 3.63) is 99.6 Å². The van der Waals surface area contributed by atoms with Crippen LogP contribution in [0.3, 0.4) is 0 Å². The van der Waals surface area contributed by atoms with Gasteiger partial charge < -0.3 is 14.2 Å². The molecule has 0 atom stereocenters. The number of benzene rings is 3. The summed E-state index contributed by atoms with van der Waals surface area (Å²) in [6, 6.07) is 14.3. The number of imide groups is 2. The lowest BCUT2D eigenvalue weighted by Crippen LogP contribution is -2.54. The number of carbonyl (C=O) groups is 3. The van der Waals surface area contributed by atoms with E-state index in [2.05, 4.69) is 11.9 Å². The molecule has 0 aromatic heterocycles. The molecule has 4 amide bonds. The van der Waals surface area contributed by atoms with Crippen molar-refractivity contribution in [3.63, 3.8) is 0 Å². The van der Waals surface area contributed by atoms with Gasteiger partial charge in [0.2, 0.25) is 6.79 Å². The number of carbonyl (C=O) groups excluding carboxylic acids is 3. The quantitative estimate of drug-likeness (QED) is 0.230. The van der Waals surface area contributed by atoms with E-state index in [0.717, 1.165) is 16.0 Å². The molecule has 0 radical (unpaired) electrons. The maximum atomic E-state index is 13.3. The predicted octanol–water partition coefficient (Wildman–Crippen LogP) is 5.70. The average molecular weight is 551 g/mol. The molecule has 0 spiro atoms. The summed E-state index contributed by atoms with van der Waals surface area (Å²) >= 11 is 12.1. The van der Waals surface area contributed by atoms with Crippen LogP contribution in [0.2, 0.25) is 10.0 Å². The third-order valence-corrected chi connectivity index (χ3v) is 6.59. The van der Waals surface area contributed by atoms with Crippen molar-refractivity contribution in [2.75, 3.05) is 11.7 Å². The molecule has 0 aliphatic carbocycles. The van der Waals surface area contributed by atoms with Crippen LogP contribution >= 0.6 is 23.2 Å². The first-order valence-electron chi connectivity index (χ1n) is 11.5. The van der Waals surface area contributed by atoms with E-state index in [9.17, 15) is 14.4 Å². The van der Waals surface area contributed by atoms with Crippen molar-refractivity contribution in [1.29, 1.82) is 0 Å². The molecule has 0 bridgehead atoms. The van der Waals surface area contributed by atoms with Gasteiger partial charge in [-0.05, 0) is 65.6 Å². The van der Waals surface area contributed by atoms with Crippen LogP contribution in [0.4, 0.5) is 10.5 Å². The highest BCUT2D eigenvalue weighted by molar-refractivity contribution is 6.42. The van der Waals surface area contributed by atoms with Crippen LogP contribution in [-0.4, -0.2) is 24.6 Å². The molecule has 10 heteroatoms. The van der Waals surface area contributed by atoms with Crippen molar-refractivity contribution >= 4 is 52.8 Å².